The molecule has 0 N–H and O–H groups in total. The van der Waals surface area contributed by atoms with Crippen LogP contribution in [0.1, 0.15) is 25.4 Å². The number of hydrogen-bond donors (Lipinski definition) is 0. The highest BCUT2D eigenvalue weighted by Crippen LogP contribution is 2.45. The number of methoxy groups -OCH3 is 1. The number of rotatable bonds is 5. The molecule has 1 aromatic heterocycles. The van der Waals surface area contributed by atoms with Gasteiger partial charge in [-0.15, -0.1) is 5.11 Å². The summed E-state index contributed by atoms with van der Waals surface area (Å²) in [6.07, 6.45) is 0. The predicted molar refractivity (Wildman–Crippen MR) is 72.8 cm³/mol. The molecule has 0 aromatic carbocycles. The van der Waals surface area contributed by atoms with E-state index in [1.54, 1.807) is 20.8 Å². The van der Waals surface area contributed by atoms with Crippen LogP contribution in [0.15, 0.2) is 10.2 Å². The maximum Gasteiger partial charge on any atom is 0.354 e. The molecule has 0 saturated carbocycles. The molecule has 1 aliphatic heterocycles. The van der Waals surface area contributed by atoms with Crippen molar-refractivity contribution in [1.82, 2.24) is 9.97 Å². The molecule has 0 unspecified atom stereocenters. The zero-order chi connectivity index (χ0) is 16.3. The minimum atomic E-state index is -2.07. The van der Waals surface area contributed by atoms with E-state index in [9.17, 15) is 9.59 Å². The van der Waals surface area contributed by atoms with Crippen molar-refractivity contribution in [3.63, 3.8) is 0 Å². The summed E-state index contributed by atoms with van der Waals surface area (Å²) >= 11 is 0. The number of ether oxygens (including phenoxy) is 3. The lowest BCUT2D eigenvalue weighted by Gasteiger charge is -2.20. The van der Waals surface area contributed by atoms with E-state index in [2.05, 4.69) is 20.2 Å². The smallest absolute Gasteiger partial charge is 0.354 e. The van der Waals surface area contributed by atoms with Gasteiger partial charge in [-0.2, -0.15) is 10.1 Å². The highest BCUT2D eigenvalue weighted by Gasteiger charge is 2.58. The molecule has 0 atom stereocenters. The van der Waals surface area contributed by atoms with Crippen molar-refractivity contribution in [3.8, 4) is 5.88 Å². The van der Waals surface area contributed by atoms with Crippen molar-refractivity contribution < 1.29 is 23.8 Å². The Morgan fingerprint density at radius 2 is 1.68 bits per heavy atom. The Kier molecular flexibility index (Phi) is 4.34. The molecule has 1 aliphatic rings. The molecule has 2 heterocycles. The molecule has 9 heteroatoms. The first-order chi connectivity index (χ1) is 10.5. The third kappa shape index (κ3) is 2.28. The lowest BCUT2D eigenvalue weighted by Crippen LogP contribution is -2.44. The van der Waals surface area contributed by atoms with Gasteiger partial charge in [-0.1, -0.05) is 0 Å². The second-order valence-corrected chi connectivity index (χ2v) is 4.33. The van der Waals surface area contributed by atoms with E-state index >= 15 is 0 Å². The SMILES string of the molecule is CCOC(=O)C1(C(=O)OCC)N=Nc2c(OC)nc(C)nc21. The molecule has 2 rings (SSSR count). The zero-order valence-electron chi connectivity index (χ0n) is 12.7. The number of carbonyl (C=O) groups excluding carboxylic acids is 2. The number of esters is 2. The highest BCUT2D eigenvalue weighted by molar-refractivity contribution is 6.07. The highest BCUT2D eigenvalue weighted by atomic mass is 16.6. The Bertz CT molecular complexity index is 626. The van der Waals surface area contributed by atoms with Crippen LogP contribution in [0.25, 0.3) is 0 Å². The monoisotopic (exact) mass is 308 g/mol. The van der Waals surface area contributed by atoms with Gasteiger partial charge < -0.3 is 14.2 Å². The molecule has 0 amide bonds. The minimum Gasteiger partial charge on any atom is -0.479 e. The van der Waals surface area contributed by atoms with Crippen LogP contribution in [-0.4, -0.2) is 42.2 Å². The topological polar surface area (TPSA) is 112 Å². The summed E-state index contributed by atoms with van der Waals surface area (Å²) in [6, 6.07) is 0. The Hall–Kier alpha value is -2.58. The number of hydrogen-bond acceptors (Lipinski definition) is 9. The van der Waals surface area contributed by atoms with E-state index in [-0.39, 0.29) is 30.5 Å². The first-order valence-electron chi connectivity index (χ1n) is 6.71. The average Bonchev–Trinajstić information content (AvgIpc) is 2.87. The number of fused-ring (bicyclic) bond motifs is 1. The molecule has 0 saturated heterocycles. The standard InChI is InChI=1S/C13H16N4O5/c1-5-21-11(18)13(12(19)22-6-2)9-8(16-17-13)10(20-4)15-7(3)14-9/h5-6H2,1-4H3. The molecule has 0 spiro atoms. The second-order valence-electron chi connectivity index (χ2n) is 4.33. The molecule has 0 fully saturated rings. The van der Waals surface area contributed by atoms with E-state index in [0.29, 0.717) is 5.82 Å². The van der Waals surface area contributed by atoms with Crippen molar-refractivity contribution >= 4 is 17.6 Å². The maximum absolute atomic E-state index is 12.4. The molecular formula is C13H16N4O5. The van der Waals surface area contributed by atoms with E-state index < -0.39 is 17.5 Å². The van der Waals surface area contributed by atoms with Crippen molar-refractivity contribution in [2.45, 2.75) is 26.3 Å². The van der Waals surface area contributed by atoms with Crippen LogP contribution in [0, 0.1) is 6.92 Å². The summed E-state index contributed by atoms with van der Waals surface area (Å²) in [6.45, 7) is 4.99. The molecule has 22 heavy (non-hydrogen) atoms. The summed E-state index contributed by atoms with van der Waals surface area (Å²) in [4.78, 5) is 32.9. The fourth-order valence-electron chi connectivity index (χ4n) is 2.03. The fraction of sp³-hybridized carbons (Fsp3) is 0.538. The first kappa shape index (κ1) is 15.8. The molecule has 9 nitrogen and oxygen atoms in total. The Labute approximate surface area is 126 Å². The van der Waals surface area contributed by atoms with Crippen LogP contribution >= 0.6 is 0 Å². The third-order valence-electron chi connectivity index (χ3n) is 2.94. The second kappa shape index (κ2) is 6.04. The van der Waals surface area contributed by atoms with Gasteiger partial charge in [0.25, 0.3) is 0 Å². The van der Waals surface area contributed by atoms with Crippen molar-refractivity contribution in [1.29, 1.82) is 0 Å². The minimum absolute atomic E-state index is 0.00810. The van der Waals surface area contributed by atoms with Gasteiger partial charge in [-0.05, 0) is 20.8 Å². The Morgan fingerprint density at radius 3 is 2.18 bits per heavy atom. The van der Waals surface area contributed by atoms with Gasteiger partial charge in [0.15, 0.2) is 5.69 Å². The van der Waals surface area contributed by atoms with E-state index in [0.717, 1.165) is 0 Å². The molecular weight excluding hydrogens is 292 g/mol. The maximum atomic E-state index is 12.4. The van der Waals surface area contributed by atoms with Crippen LogP contribution in [0.2, 0.25) is 0 Å². The Morgan fingerprint density at radius 1 is 1.09 bits per heavy atom. The van der Waals surface area contributed by atoms with Crippen molar-refractivity contribution in [2.24, 2.45) is 10.2 Å². The summed E-state index contributed by atoms with van der Waals surface area (Å²) < 4.78 is 15.0. The predicted octanol–water partition coefficient (Wildman–Crippen LogP) is 1.21. The van der Waals surface area contributed by atoms with Crippen LogP contribution in [-0.2, 0) is 24.6 Å². The van der Waals surface area contributed by atoms with Gasteiger partial charge in [-0.25, -0.2) is 14.6 Å². The number of aryl methyl sites for hydroxylation is 1. The molecule has 0 radical (unpaired) electrons. The number of aromatic nitrogens is 2. The van der Waals surface area contributed by atoms with Gasteiger partial charge >= 0.3 is 17.5 Å². The lowest BCUT2D eigenvalue weighted by atomic mass is 9.95. The number of nitrogens with zero attached hydrogens (tertiary/aromatic N) is 4. The van der Waals surface area contributed by atoms with Crippen LogP contribution < -0.4 is 4.74 Å². The average molecular weight is 308 g/mol. The number of carbonyl (C=O) groups is 2. The van der Waals surface area contributed by atoms with Crippen LogP contribution in [0.3, 0.4) is 0 Å². The van der Waals surface area contributed by atoms with Crippen LogP contribution in [0.4, 0.5) is 5.69 Å². The van der Waals surface area contributed by atoms with Gasteiger partial charge in [-0.3, -0.25) is 0 Å². The zero-order valence-corrected chi connectivity index (χ0v) is 12.7. The van der Waals surface area contributed by atoms with Gasteiger partial charge in [0.2, 0.25) is 5.88 Å². The van der Waals surface area contributed by atoms with E-state index in [1.165, 1.54) is 7.11 Å². The molecule has 118 valence electrons. The van der Waals surface area contributed by atoms with Crippen molar-refractivity contribution in [3.05, 3.63) is 11.5 Å². The van der Waals surface area contributed by atoms with E-state index in [4.69, 9.17) is 14.2 Å². The summed E-state index contributed by atoms with van der Waals surface area (Å²) in [5.41, 5.74) is -1.94. The summed E-state index contributed by atoms with van der Waals surface area (Å²) in [5, 5.41) is 7.66. The molecule has 0 bridgehead atoms. The first-order valence-corrected chi connectivity index (χ1v) is 6.71. The van der Waals surface area contributed by atoms with Crippen LogP contribution in [0.5, 0.6) is 5.88 Å². The van der Waals surface area contributed by atoms with Gasteiger partial charge in [0, 0.05) is 0 Å². The van der Waals surface area contributed by atoms with Gasteiger partial charge in [0.1, 0.15) is 11.5 Å². The molecule has 0 aliphatic carbocycles. The normalized spacial score (nSPS) is 14.4. The molecule has 1 aromatic rings. The summed E-state index contributed by atoms with van der Waals surface area (Å²) in [5.74, 6) is -1.35. The van der Waals surface area contributed by atoms with Gasteiger partial charge in [0.05, 0.1) is 20.3 Å². The quantitative estimate of drug-likeness (QED) is 0.593. The van der Waals surface area contributed by atoms with E-state index in [1.807, 2.05) is 0 Å². The van der Waals surface area contributed by atoms with Crippen molar-refractivity contribution in [2.75, 3.05) is 20.3 Å². The summed E-state index contributed by atoms with van der Waals surface area (Å²) in [7, 11) is 1.40. The lowest BCUT2D eigenvalue weighted by molar-refractivity contribution is -0.164. The third-order valence-corrected chi connectivity index (χ3v) is 2.94. The Balaban J connectivity index is 2.65. The number of azo groups is 1. The largest absolute Gasteiger partial charge is 0.479 e. The fourth-order valence-corrected chi connectivity index (χ4v) is 2.03.